The average Bonchev–Trinajstić information content (AvgIpc) is 2.42. The van der Waals surface area contributed by atoms with Crippen LogP contribution in [0.4, 0.5) is 5.69 Å². The second-order valence-corrected chi connectivity index (χ2v) is 4.06. The number of hydrogen-bond donors (Lipinski definition) is 2. The summed E-state index contributed by atoms with van der Waals surface area (Å²) in [5.74, 6) is -0.288. The summed E-state index contributed by atoms with van der Waals surface area (Å²) in [5, 5.41) is 16.7. The van der Waals surface area contributed by atoms with Crippen molar-refractivity contribution >= 4 is 11.6 Å². The number of aryl methyl sites for hydroxylation is 1. The Kier molecular flexibility index (Phi) is 5.95. The molecular weight excluding hydrogens is 246 g/mol. The summed E-state index contributed by atoms with van der Waals surface area (Å²) < 4.78 is 0. The first kappa shape index (κ1) is 15.1. The number of hydrogen-bond acceptors (Lipinski definition) is 4. The van der Waals surface area contributed by atoms with E-state index in [0.29, 0.717) is 30.6 Å². The third kappa shape index (κ3) is 4.33. The molecule has 1 aromatic carbocycles. The maximum absolute atomic E-state index is 11.8. The predicted octanol–water partition coefficient (Wildman–Crippen LogP) is 1.50. The topological polar surface area (TPSA) is 84.3 Å². The smallest absolute Gasteiger partial charge is 0.273 e. The fourth-order valence-corrected chi connectivity index (χ4v) is 1.72. The van der Waals surface area contributed by atoms with E-state index >= 15 is 0 Å². The van der Waals surface area contributed by atoms with E-state index in [1.54, 1.807) is 12.1 Å². The highest BCUT2D eigenvalue weighted by atomic mass is 16.6. The van der Waals surface area contributed by atoms with Crippen molar-refractivity contribution in [3.05, 3.63) is 39.4 Å². The van der Waals surface area contributed by atoms with Gasteiger partial charge in [-0.1, -0.05) is 19.9 Å². The van der Waals surface area contributed by atoms with E-state index in [1.165, 1.54) is 6.07 Å². The summed E-state index contributed by atoms with van der Waals surface area (Å²) in [6.45, 7) is 5.84. The van der Waals surface area contributed by atoms with Crippen molar-refractivity contribution < 1.29 is 9.72 Å². The lowest BCUT2D eigenvalue weighted by Crippen LogP contribution is -2.31. The molecule has 6 heteroatoms. The molecule has 0 spiro atoms. The second kappa shape index (κ2) is 7.48. The molecule has 0 unspecified atom stereocenters. The summed E-state index contributed by atoms with van der Waals surface area (Å²) in [6, 6.07) is 4.59. The van der Waals surface area contributed by atoms with Crippen LogP contribution in [0.1, 0.15) is 29.8 Å². The molecule has 1 aromatic rings. The van der Waals surface area contributed by atoms with E-state index in [0.717, 1.165) is 6.54 Å². The molecule has 0 heterocycles. The maximum atomic E-state index is 11.8. The minimum Gasteiger partial charge on any atom is -0.351 e. The van der Waals surface area contributed by atoms with E-state index in [2.05, 4.69) is 10.6 Å². The maximum Gasteiger partial charge on any atom is 0.273 e. The minimum atomic E-state index is -0.450. The number of nitrogens with one attached hydrogen (secondary N) is 2. The molecule has 104 valence electrons. The fraction of sp³-hybridized carbons (Fsp3) is 0.462. The van der Waals surface area contributed by atoms with Crippen LogP contribution in [0.15, 0.2) is 18.2 Å². The standard InChI is InChI=1S/C13H19N3O3/c1-3-10-5-6-11(9-12(10)16(18)19)13(17)15-8-7-14-4-2/h5-6,9,14H,3-4,7-8H2,1-2H3,(H,15,17). The van der Waals surface area contributed by atoms with Crippen molar-refractivity contribution in [2.75, 3.05) is 19.6 Å². The van der Waals surface area contributed by atoms with Gasteiger partial charge in [-0.3, -0.25) is 14.9 Å². The van der Waals surface area contributed by atoms with Crippen LogP contribution >= 0.6 is 0 Å². The summed E-state index contributed by atoms with van der Waals surface area (Å²) >= 11 is 0. The second-order valence-electron chi connectivity index (χ2n) is 4.06. The molecule has 0 aliphatic carbocycles. The molecule has 0 aromatic heterocycles. The predicted molar refractivity (Wildman–Crippen MR) is 73.4 cm³/mol. The van der Waals surface area contributed by atoms with Gasteiger partial charge in [-0.2, -0.15) is 0 Å². The summed E-state index contributed by atoms with van der Waals surface area (Å²) in [6.07, 6.45) is 0.568. The first-order valence-electron chi connectivity index (χ1n) is 6.36. The molecule has 0 fully saturated rings. The molecule has 0 saturated carbocycles. The molecule has 1 amide bonds. The van der Waals surface area contributed by atoms with Gasteiger partial charge in [-0.05, 0) is 19.0 Å². The molecular formula is C13H19N3O3. The van der Waals surface area contributed by atoms with Gasteiger partial charge in [-0.15, -0.1) is 0 Å². The average molecular weight is 265 g/mol. The van der Waals surface area contributed by atoms with E-state index in [4.69, 9.17) is 0 Å². The number of carbonyl (C=O) groups is 1. The highest BCUT2D eigenvalue weighted by Crippen LogP contribution is 2.20. The Hall–Kier alpha value is -1.95. The SMILES string of the molecule is CCNCCNC(=O)c1ccc(CC)c([N+](=O)[O-])c1. The van der Waals surface area contributed by atoms with Gasteiger partial charge < -0.3 is 10.6 Å². The molecule has 0 radical (unpaired) electrons. The van der Waals surface area contributed by atoms with Crippen LogP contribution in [-0.2, 0) is 6.42 Å². The van der Waals surface area contributed by atoms with Crippen molar-refractivity contribution in [3.8, 4) is 0 Å². The highest BCUT2D eigenvalue weighted by Gasteiger charge is 2.15. The van der Waals surface area contributed by atoms with E-state index in [1.807, 2.05) is 13.8 Å². The first-order valence-corrected chi connectivity index (χ1v) is 6.36. The van der Waals surface area contributed by atoms with Crippen LogP contribution in [0.5, 0.6) is 0 Å². The lowest BCUT2D eigenvalue weighted by molar-refractivity contribution is -0.385. The van der Waals surface area contributed by atoms with Crippen LogP contribution in [0.3, 0.4) is 0 Å². The Morgan fingerprint density at radius 2 is 2.05 bits per heavy atom. The largest absolute Gasteiger partial charge is 0.351 e. The van der Waals surface area contributed by atoms with Crippen LogP contribution in [-0.4, -0.2) is 30.5 Å². The monoisotopic (exact) mass is 265 g/mol. The van der Waals surface area contributed by atoms with Crippen LogP contribution in [0.2, 0.25) is 0 Å². The number of nitrogens with zero attached hydrogens (tertiary/aromatic N) is 1. The van der Waals surface area contributed by atoms with Gasteiger partial charge in [0.2, 0.25) is 0 Å². The van der Waals surface area contributed by atoms with Gasteiger partial charge in [-0.25, -0.2) is 0 Å². The Morgan fingerprint density at radius 3 is 2.63 bits per heavy atom. The number of nitro benzene ring substituents is 1. The fourth-order valence-electron chi connectivity index (χ4n) is 1.72. The number of nitro groups is 1. The zero-order valence-corrected chi connectivity index (χ0v) is 11.2. The molecule has 0 aliphatic rings. The molecule has 1 rings (SSSR count). The molecule has 0 bridgehead atoms. The van der Waals surface area contributed by atoms with Gasteiger partial charge in [0.1, 0.15) is 0 Å². The molecule has 2 N–H and O–H groups in total. The van der Waals surface area contributed by atoms with Gasteiger partial charge in [0.05, 0.1) is 4.92 Å². The molecule has 6 nitrogen and oxygen atoms in total. The summed E-state index contributed by atoms with van der Waals surface area (Å²) in [4.78, 5) is 22.3. The third-order valence-electron chi connectivity index (χ3n) is 2.76. The molecule has 19 heavy (non-hydrogen) atoms. The Morgan fingerprint density at radius 1 is 1.32 bits per heavy atom. The van der Waals surface area contributed by atoms with Crippen molar-refractivity contribution in [2.24, 2.45) is 0 Å². The number of benzene rings is 1. The van der Waals surface area contributed by atoms with Crippen LogP contribution in [0, 0.1) is 10.1 Å². The van der Waals surface area contributed by atoms with Gasteiger partial charge in [0.25, 0.3) is 11.6 Å². The van der Waals surface area contributed by atoms with Crippen molar-refractivity contribution in [1.29, 1.82) is 0 Å². The van der Waals surface area contributed by atoms with E-state index in [9.17, 15) is 14.9 Å². The number of likely N-dealkylation sites (N-methyl/N-ethyl adjacent to an activating group) is 1. The number of amides is 1. The van der Waals surface area contributed by atoms with Gasteiger partial charge >= 0.3 is 0 Å². The van der Waals surface area contributed by atoms with Crippen LogP contribution in [0.25, 0.3) is 0 Å². The zero-order valence-electron chi connectivity index (χ0n) is 11.2. The van der Waals surface area contributed by atoms with Gasteiger partial charge in [0.15, 0.2) is 0 Å². The lowest BCUT2D eigenvalue weighted by atomic mass is 10.1. The molecule has 0 saturated heterocycles. The van der Waals surface area contributed by atoms with Crippen molar-refractivity contribution in [2.45, 2.75) is 20.3 Å². The Labute approximate surface area is 112 Å². The molecule has 0 aliphatic heterocycles. The van der Waals surface area contributed by atoms with Crippen LogP contribution < -0.4 is 10.6 Å². The first-order chi connectivity index (χ1) is 9.10. The zero-order chi connectivity index (χ0) is 14.3. The van der Waals surface area contributed by atoms with Crippen molar-refractivity contribution in [3.63, 3.8) is 0 Å². The van der Waals surface area contributed by atoms with Crippen molar-refractivity contribution in [1.82, 2.24) is 10.6 Å². The summed E-state index contributed by atoms with van der Waals surface area (Å²) in [5.41, 5.74) is 0.955. The summed E-state index contributed by atoms with van der Waals surface area (Å²) in [7, 11) is 0. The van der Waals surface area contributed by atoms with E-state index < -0.39 is 4.92 Å². The quantitative estimate of drug-likeness (QED) is 0.444. The highest BCUT2D eigenvalue weighted by molar-refractivity contribution is 5.95. The normalized spacial score (nSPS) is 10.2. The number of rotatable bonds is 7. The van der Waals surface area contributed by atoms with Gasteiger partial charge in [0, 0.05) is 30.3 Å². The molecule has 0 atom stereocenters. The minimum absolute atomic E-state index is 0.00170. The van der Waals surface area contributed by atoms with E-state index in [-0.39, 0.29) is 11.6 Å². The third-order valence-corrected chi connectivity index (χ3v) is 2.76. The number of carbonyl (C=O) groups excluding carboxylic acids is 1. The Bertz CT molecular complexity index is 460. The lowest BCUT2D eigenvalue weighted by Gasteiger charge is -2.07. The Balaban J connectivity index is 2.75.